The summed E-state index contributed by atoms with van der Waals surface area (Å²) in [4.78, 5) is 0. The van der Waals surface area contributed by atoms with Crippen molar-refractivity contribution in [2.75, 3.05) is 13.9 Å². The second kappa shape index (κ2) is 4.81. The summed E-state index contributed by atoms with van der Waals surface area (Å²) in [7, 11) is 1.62. The minimum Gasteiger partial charge on any atom is -0.466 e. The minimum atomic E-state index is 0.286. The number of ether oxygens (including phenoxy) is 2. The van der Waals surface area contributed by atoms with E-state index < -0.39 is 0 Å². The van der Waals surface area contributed by atoms with Crippen LogP contribution in [0.5, 0.6) is 5.75 Å². The Morgan fingerprint density at radius 2 is 1.80 bits per heavy atom. The summed E-state index contributed by atoms with van der Waals surface area (Å²) >= 11 is 2.27. The molecule has 0 N–H and O–H groups in total. The van der Waals surface area contributed by atoms with Gasteiger partial charge in [0.15, 0.2) is 6.79 Å². The highest BCUT2D eigenvalue weighted by Crippen LogP contribution is 2.27. The van der Waals surface area contributed by atoms with E-state index >= 15 is 0 Å². The fourth-order valence-electron chi connectivity index (χ4n) is 1.42. The van der Waals surface area contributed by atoms with Crippen molar-refractivity contribution in [3.63, 3.8) is 0 Å². The first kappa shape index (κ1) is 10.7. The number of methoxy groups -OCH3 is 1. The first-order chi connectivity index (χ1) is 7.31. The van der Waals surface area contributed by atoms with E-state index in [-0.39, 0.29) is 6.79 Å². The van der Waals surface area contributed by atoms with Crippen molar-refractivity contribution in [1.82, 2.24) is 0 Å². The Kier molecular flexibility index (Phi) is 3.43. The predicted octanol–water partition coefficient (Wildman–Crippen LogP) is 3.43. The van der Waals surface area contributed by atoms with Gasteiger partial charge in [-0.2, -0.15) is 0 Å². The molecule has 0 amide bonds. The molecule has 2 rings (SSSR count). The van der Waals surface area contributed by atoms with E-state index in [1.807, 2.05) is 18.2 Å². The fourth-order valence-corrected chi connectivity index (χ4v) is 2.07. The van der Waals surface area contributed by atoms with Crippen LogP contribution in [-0.4, -0.2) is 13.9 Å². The number of hydrogen-bond acceptors (Lipinski definition) is 2. The quantitative estimate of drug-likeness (QED) is 0.638. The van der Waals surface area contributed by atoms with Crippen molar-refractivity contribution >= 4 is 33.4 Å². The molecule has 0 bridgehead atoms. The zero-order valence-corrected chi connectivity index (χ0v) is 10.5. The lowest BCUT2D eigenvalue weighted by Crippen LogP contribution is -2.00. The van der Waals surface area contributed by atoms with Gasteiger partial charge < -0.3 is 9.47 Å². The molecule has 78 valence electrons. The highest BCUT2D eigenvalue weighted by molar-refractivity contribution is 14.1. The third-order valence-corrected chi connectivity index (χ3v) is 2.98. The van der Waals surface area contributed by atoms with E-state index in [1.165, 1.54) is 10.8 Å². The molecule has 2 aromatic rings. The lowest BCUT2D eigenvalue weighted by molar-refractivity contribution is 0.0506. The van der Waals surface area contributed by atoms with Gasteiger partial charge in [-0.3, -0.25) is 0 Å². The third-order valence-electron chi connectivity index (χ3n) is 2.13. The van der Waals surface area contributed by atoms with Gasteiger partial charge in [0.2, 0.25) is 0 Å². The second-order valence-electron chi connectivity index (χ2n) is 3.18. The number of hydrogen-bond donors (Lipinski definition) is 0. The standard InChI is InChI=1S/C12H11IO2/c1-14-8-15-12-7-10-5-3-2-4-9(10)6-11(12)13/h2-7H,8H2,1H3. The molecule has 0 spiro atoms. The fraction of sp³-hybridized carbons (Fsp3) is 0.167. The highest BCUT2D eigenvalue weighted by atomic mass is 127. The van der Waals surface area contributed by atoms with Gasteiger partial charge in [-0.05, 0) is 45.5 Å². The van der Waals surface area contributed by atoms with Gasteiger partial charge in [0, 0.05) is 7.11 Å². The van der Waals surface area contributed by atoms with Crippen LogP contribution in [0.25, 0.3) is 10.8 Å². The number of halogens is 1. The molecular weight excluding hydrogens is 303 g/mol. The average Bonchev–Trinajstić information content (AvgIpc) is 2.26. The second-order valence-corrected chi connectivity index (χ2v) is 4.34. The summed E-state index contributed by atoms with van der Waals surface area (Å²) in [6, 6.07) is 12.4. The molecular formula is C12H11IO2. The molecule has 0 aliphatic carbocycles. The molecule has 0 saturated carbocycles. The summed E-state index contributed by atoms with van der Waals surface area (Å²) in [5.41, 5.74) is 0. The van der Waals surface area contributed by atoms with Gasteiger partial charge >= 0.3 is 0 Å². The normalized spacial score (nSPS) is 10.5. The van der Waals surface area contributed by atoms with Gasteiger partial charge in [-0.15, -0.1) is 0 Å². The van der Waals surface area contributed by atoms with Crippen LogP contribution >= 0.6 is 22.6 Å². The maximum absolute atomic E-state index is 5.46. The van der Waals surface area contributed by atoms with Gasteiger partial charge in [0.1, 0.15) is 5.75 Å². The molecule has 0 radical (unpaired) electrons. The maximum atomic E-state index is 5.46. The lowest BCUT2D eigenvalue weighted by Gasteiger charge is -2.08. The van der Waals surface area contributed by atoms with Gasteiger partial charge in [-0.1, -0.05) is 24.3 Å². The van der Waals surface area contributed by atoms with Crippen LogP contribution in [0, 0.1) is 3.57 Å². The Morgan fingerprint density at radius 1 is 1.13 bits per heavy atom. The first-order valence-electron chi connectivity index (χ1n) is 4.61. The van der Waals surface area contributed by atoms with E-state index in [1.54, 1.807) is 7.11 Å². The Labute approximate surface area is 102 Å². The summed E-state index contributed by atoms with van der Waals surface area (Å²) in [5, 5.41) is 2.41. The van der Waals surface area contributed by atoms with Crippen LogP contribution in [-0.2, 0) is 4.74 Å². The molecule has 0 fully saturated rings. The van der Waals surface area contributed by atoms with Gasteiger partial charge in [-0.25, -0.2) is 0 Å². The number of rotatable bonds is 3. The lowest BCUT2D eigenvalue weighted by atomic mass is 10.1. The van der Waals surface area contributed by atoms with Crippen LogP contribution < -0.4 is 4.74 Å². The smallest absolute Gasteiger partial charge is 0.188 e. The van der Waals surface area contributed by atoms with Crippen molar-refractivity contribution in [2.24, 2.45) is 0 Å². The van der Waals surface area contributed by atoms with Crippen molar-refractivity contribution < 1.29 is 9.47 Å². The molecule has 0 aromatic heterocycles. The molecule has 3 heteroatoms. The molecule has 2 nitrogen and oxygen atoms in total. The van der Waals surface area contributed by atoms with E-state index in [9.17, 15) is 0 Å². The third kappa shape index (κ3) is 2.41. The summed E-state index contributed by atoms with van der Waals surface area (Å²) in [6.45, 7) is 0.286. The zero-order valence-electron chi connectivity index (χ0n) is 8.37. The molecule has 2 aromatic carbocycles. The number of fused-ring (bicyclic) bond motifs is 1. The number of benzene rings is 2. The molecule has 0 saturated heterocycles. The first-order valence-corrected chi connectivity index (χ1v) is 5.69. The van der Waals surface area contributed by atoms with E-state index in [0.29, 0.717) is 0 Å². The van der Waals surface area contributed by atoms with Crippen LogP contribution in [0.4, 0.5) is 0 Å². The molecule has 15 heavy (non-hydrogen) atoms. The van der Waals surface area contributed by atoms with E-state index in [4.69, 9.17) is 9.47 Å². The Hall–Kier alpha value is -0.810. The van der Waals surface area contributed by atoms with E-state index in [2.05, 4.69) is 40.8 Å². The predicted molar refractivity (Wildman–Crippen MR) is 69.2 cm³/mol. The Bertz CT molecular complexity index is 468. The van der Waals surface area contributed by atoms with Crippen molar-refractivity contribution in [1.29, 1.82) is 0 Å². The largest absolute Gasteiger partial charge is 0.466 e. The molecule has 0 atom stereocenters. The average molecular weight is 314 g/mol. The highest BCUT2D eigenvalue weighted by Gasteiger charge is 2.02. The van der Waals surface area contributed by atoms with Crippen molar-refractivity contribution in [3.05, 3.63) is 40.0 Å². The van der Waals surface area contributed by atoms with Crippen LogP contribution in [0.2, 0.25) is 0 Å². The van der Waals surface area contributed by atoms with E-state index in [0.717, 1.165) is 9.32 Å². The SMILES string of the molecule is COCOc1cc2ccccc2cc1I. The van der Waals surface area contributed by atoms with Crippen LogP contribution in [0.3, 0.4) is 0 Å². The maximum Gasteiger partial charge on any atom is 0.188 e. The minimum absolute atomic E-state index is 0.286. The van der Waals surface area contributed by atoms with Gasteiger partial charge in [0.05, 0.1) is 3.57 Å². The molecule has 0 heterocycles. The van der Waals surface area contributed by atoms with Crippen molar-refractivity contribution in [2.45, 2.75) is 0 Å². The van der Waals surface area contributed by atoms with Crippen LogP contribution in [0.1, 0.15) is 0 Å². The molecule has 0 unspecified atom stereocenters. The Balaban J connectivity index is 2.43. The van der Waals surface area contributed by atoms with Gasteiger partial charge in [0.25, 0.3) is 0 Å². The summed E-state index contributed by atoms with van der Waals surface area (Å²) in [5.74, 6) is 0.871. The molecule has 0 aliphatic rings. The summed E-state index contributed by atoms with van der Waals surface area (Å²) < 4.78 is 11.5. The topological polar surface area (TPSA) is 18.5 Å². The Morgan fingerprint density at radius 3 is 2.47 bits per heavy atom. The molecule has 0 aliphatic heterocycles. The monoisotopic (exact) mass is 314 g/mol. The van der Waals surface area contributed by atoms with Crippen LogP contribution in [0.15, 0.2) is 36.4 Å². The zero-order chi connectivity index (χ0) is 10.7. The summed E-state index contributed by atoms with van der Waals surface area (Å²) in [6.07, 6.45) is 0. The van der Waals surface area contributed by atoms with Crippen molar-refractivity contribution in [3.8, 4) is 5.75 Å².